The average Bonchev–Trinajstić information content (AvgIpc) is 3.23. The zero-order chi connectivity index (χ0) is 23.4. The summed E-state index contributed by atoms with van der Waals surface area (Å²) in [5.74, 6) is 0.774. The lowest BCUT2D eigenvalue weighted by molar-refractivity contribution is 0.0527. The Balaban J connectivity index is 1.78. The number of benzene rings is 2. The van der Waals surface area contributed by atoms with Crippen LogP contribution in [0.3, 0.4) is 0 Å². The number of pyridine rings is 1. The first-order chi connectivity index (χ1) is 16.0. The van der Waals surface area contributed by atoms with E-state index in [1.165, 1.54) is 10.9 Å². The Morgan fingerprint density at radius 2 is 1.88 bits per heavy atom. The molecule has 0 fully saturated rings. The molecule has 0 bridgehead atoms. The highest BCUT2D eigenvalue weighted by molar-refractivity contribution is 5.99. The molecule has 0 radical (unpaired) electrons. The topological polar surface area (TPSA) is 105 Å². The second-order valence-electron chi connectivity index (χ2n) is 7.02. The van der Waals surface area contributed by atoms with Gasteiger partial charge < -0.3 is 14.2 Å². The van der Waals surface area contributed by atoms with E-state index >= 15 is 0 Å². The standard InChI is InChI=1S/C24H22N4O5/c1-4-32-23(29)18-14-25-28(22(18)27-24(30)33-16-9-6-5-7-10-16)20-13-15(2)17-11-8-12-19(31-3)21(17)26-20/h5-14H,4H2,1-3H3,(H,27,30). The fraction of sp³-hybridized carbons (Fsp3) is 0.167. The number of para-hydroxylation sites is 2. The number of hydrogen-bond donors (Lipinski definition) is 1. The number of aromatic nitrogens is 3. The predicted molar refractivity (Wildman–Crippen MR) is 122 cm³/mol. The maximum absolute atomic E-state index is 12.6. The Hall–Kier alpha value is -4.40. The van der Waals surface area contributed by atoms with Gasteiger partial charge in [-0.05, 0) is 43.7 Å². The number of methoxy groups -OCH3 is 1. The number of nitrogens with one attached hydrogen (secondary N) is 1. The van der Waals surface area contributed by atoms with Crippen molar-refractivity contribution in [2.24, 2.45) is 0 Å². The number of carbonyl (C=O) groups excluding carboxylic acids is 2. The van der Waals surface area contributed by atoms with Gasteiger partial charge in [0.05, 0.1) is 19.9 Å². The molecule has 0 atom stereocenters. The maximum Gasteiger partial charge on any atom is 0.418 e. The third-order valence-electron chi connectivity index (χ3n) is 4.87. The molecule has 2 aromatic heterocycles. The van der Waals surface area contributed by atoms with Crippen LogP contribution in [-0.2, 0) is 4.74 Å². The summed E-state index contributed by atoms with van der Waals surface area (Å²) < 4.78 is 17.3. The van der Waals surface area contributed by atoms with E-state index in [0.29, 0.717) is 22.8 Å². The molecule has 0 saturated heterocycles. The van der Waals surface area contributed by atoms with Gasteiger partial charge in [-0.15, -0.1) is 0 Å². The van der Waals surface area contributed by atoms with E-state index in [1.807, 2.05) is 25.1 Å². The molecule has 2 heterocycles. The molecule has 2 aromatic carbocycles. The van der Waals surface area contributed by atoms with Crippen LogP contribution in [0.5, 0.6) is 11.5 Å². The Kier molecular flexibility index (Phi) is 6.21. The third-order valence-corrected chi connectivity index (χ3v) is 4.87. The van der Waals surface area contributed by atoms with Crippen LogP contribution in [0.25, 0.3) is 16.7 Å². The van der Waals surface area contributed by atoms with Crippen molar-refractivity contribution in [2.45, 2.75) is 13.8 Å². The maximum atomic E-state index is 12.6. The summed E-state index contributed by atoms with van der Waals surface area (Å²) in [6.07, 6.45) is 0.531. The van der Waals surface area contributed by atoms with Gasteiger partial charge in [-0.2, -0.15) is 9.78 Å². The smallest absolute Gasteiger partial charge is 0.418 e. The summed E-state index contributed by atoms with van der Waals surface area (Å²) in [7, 11) is 1.57. The van der Waals surface area contributed by atoms with Crippen molar-refractivity contribution in [2.75, 3.05) is 19.0 Å². The lowest BCUT2D eigenvalue weighted by Gasteiger charge is -2.13. The number of rotatable bonds is 6. The van der Waals surface area contributed by atoms with Crippen molar-refractivity contribution >= 4 is 28.8 Å². The molecule has 4 rings (SSSR count). The Bertz CT molecular complexity index is 1320. The van der Waals surface area contributed by atoms with E-state index in [1.54, 1.807) is 50.4 Å². The molecule has 4 aromatic rings. The Morgan fingerprint density at radius 3 is 2.61 bits per heavy atom. The number of carbonyl (C=O) groups is 2. The van der Waals surface area contributed by atoms with E-state index < -0.39 is 12.1 Å². The van der Waals surface area contributed by atoms with E-state index in [-0.39, 0.29) is 18.0 Å². The monoisotopic (exact) mass is 446 g/mol. The largest absolute Gasteiger partial charge is 0.494 e. The quantitative estimate of drug-likeness (QED) is 0.434. The number of esters is 1. The molecule has 0 aliphatic rings. The first kappa shape index (κ1) is 21.8. The molecular formula is C24H22N4O5. The molecule has 0 spiro atoms. The number of anilines is 1. The molecule has 0 unspecified atom stereocenters. The fourth-order valence-electron chi connectivity index (χ4n) is 3.37. The van der Waals surface area contributed by atoms with E-state index in [0.717, 1.165) is 10.9 Å². The number of nitrogens with zero attached hydrogens (tertiary/aromatic N) is 3. The van der Waals surface area contributed by atoms with Gasteiger partial charge in [-0.1, -0.05) is 30.3 Å². The molecule has 1 amide bonds. The summed E-state index contributed by atoms with van der Waals surface area (Å²) in [6.45, 7) is 3.79. The predicted octanol–water partition coefficient (Wildman–Crippen LogP) is 4.53. The summed E-state index contributed by atoms with van der Waals surface area (Å²) in [5, 5.41) is 7.82. The Morgan fingerprint density at radius 1 is 1.09 bits per heavy atom. The van der Waals surface area contributed by atoms with Crippen LogP contribution < -0.4 is 14.8 Å². The molecule has 9 heteroatoms. The lowest BCUT2D eigenvalue weighted by Crippen LogP contribution is -2.21. The fourth-order valence-corrected chi connectivity index (χ4v) is 3.37. The molecule has 0 saturated carbocycles. The molecule has 9 nitrogen and oxygen atoms in total. The number of ether oxygens (including phenoxy) is 3. The van der Waals surface area contributed by atoms with Gasteiger partial charge in [0.2, 0.25) is 0 Å². The second kappa shape index (κ2) is 9.39. The zero-order valence-corrected chi connectivity index (χ0v) is 18.4. The van der Waals surface area contributed by atoms with Crippen LogP contribution in [-0.4, -0.2) is 40.5 Å². The summed E-state index contributed by atoms with van der Waals surface area (Å²) >= 11 is 0. The zero-order valence-electron chi connectivity index (χ0n) is 18.4. The van der Waals surface area contributed by atoms with Crippen LogP contribution in [0.2, 0.25) is 0 Å². The van der Waals surface area contributed by atoms with Crippen molar-refractivity contribution in [1.82, 2.24) is 14.8 Å². The van der Waals surface area contributed by atoms with Crippen LogP contribution in [0.15, 0.2) is 60.8 Å². The van der Waals surface area contributed by atoms with Crippen molar-refractivity contribution in [1.29, 1.82) is 0 Å². The van der Waals surface area contributed by atoms with Gasteiger partial charge in [-0.3, -0.25) is 5.32 Å². The van der Waals surface area contributed by atoms with Gasteiger partial charge >= 0.3 is 12.1 Å². The highest BCUT2D eigenvalue weighted by Gasteiger charge is 2.23. The Labute approximate surface area is 189 Å². The molecular weight excluding hydrogens is 424 g/mol. The van der Waals surface area contributed by atoms with Crippen LogP contribution in [0.4, 0.5) is 10.6 Å². The average molecular weight is 446 g/mol. The normalized spacial score (nSPS) is 10.6. The second-order valence-corrected chi connectivity index (χ2v) is 7.02. The SMILES string of the molecule is CCOC(=O)c1cnn(-c2cc(C)c3cccc(OC)c3n2)c1NC(=O)Oc1ccccc1. The highest BCUT2D eigenvalue weighted by atomic mass is 16.6. The minimum Gasteiger partial charge on any atom is -0.494 e. The minimum atomic E-state index is -0.788. The number of amides is 1. The number of aryl methyl sites for hydroxylation is 1. The summed E-state index contributed by atoms with van der Waals surface area (Å²) in [4.78, 5) is 29.8. The number of hydrogen-bond acceptors (Lipinski definition) is 7. The molecule has 0 aliphatic heterocycles. The van der Waals surface area contributed by atoms with Gasteiger partial charge in [0.25, 0.3) is 0 Å². The summed E-state index contributed by atoms with van der Waals surface area (Å²) in [6, 6.07) is 16.0. The van der Waals surface area contributed by atoms with Crippen LogP contribution in [0, 0.1) is 6.92 Å². The minimum absolute atomic E-state index is 0.0708. The van der Waals surface area contributed by atoms with E-state index in [2.05, 4.69) is 15.4 Å². The molecule has 33 heavy (non-hydrogen) atoms. The van der Waals surface area contributed by atoms with Gasteiger partial charge in [0.1, 0.15) is 22.6 Å². The van der Waals surface area contributed by atoms with Crippen molar-refractivity contribution in [3.8, 4) is 17.3 Å². The third kappa shape index (κ3) is 4.47. The lowest BCUT2D eigenvalue weighted by atomic mass is 10.1. The first-order valence-corrected chi connectivity index (χ1v) is 10.3. The van der Waals surface area contributed by atoms with E-state index in [4.69, 9.17) is 14.2 Å². The molecule has 0 aliphatic carbocycles. The van der Waals surface area contributed by atoms with Crippen molar-refractivity contribution in [3.63, 3.8) is 0 Å². The summed E-state index contributed by atoms with van der Waals surface area (Å²) in [5.41, 5.74) is 1.61. The molecule has 168 valence electrons. The van der Waals surface area contributed by atoms with Crippen molar-refractivity contribution in [3.05, 3.63) is 71.9 Å². The van der Waals surface area contributed by atoms with Crippen LogP contribution >= 0.6 is 0 Å². The highest BCUT2D eigenvalue weighted by Crippen LogP contribution is 2.29. The van der Waals surface area contributed by atoms with Crippen molar-refractivity contribution < 1.29 is 23.8 Å². The first-order valence-electron chi connectivity index (χ1n) is 10.3. The van der Waals surface area contributed by atoms with E-state index in [9.17, 15) is 9.59 Å². The number of fused-ring (bicyclic) bond motifs is 1. The van der Waals surface area contributed by atoms with Gasteiger partial charge in [0.15, 0.2) is 11.6 Å². The van der Waals surface area contributed by atoms with Gasteiger partial charge in [0, 0.05) is 5.39 Å². The van der Waals surface area contributed by atoms with Gasteiger partial charge in [-0.25, -0.2) is 14.6 Å². The van der Waals surface area contributed by atoms with Crippen LogP contribution in [0.1, 0.15) is 22.8 Å². The molecule has 1 N–H and O–H groups in total.